The van der Waals surface area contributed by atoms with Crippen LogP contribution in [-0.2, 0) is 10.0 Å². The molecule has 0 spiro atoms. The van der Waals surface area contributed by atoms with Crippen molar-refractivity contribution in [3.8, 4) is 0 Å². The molecule has 0 atom stereocenters. The number of hydrogen-bond donors (Lipinski definition) is 2. The lowest BCUT2D eigenvalue weighted by molar-refractivity contribution is 0.268. The standard InChI is InChI=1S/C14H24ClN3O2S/c1-11(2)18(3)9-5-4-8-17-21(19,20)12-6-7-13(15)14(16)10-12/h6-7,10-11,17H,4-5,8-9,16H2,1-3H3. The van der Waals surface area contributed by atoms with Crippen molar-refractivity contribution in [3.05, 3.63) is 23.2 Å². The summed E-state index contributed by atoms with van der Waals surface area (Å²) >= 11 is 5.79. The van der Waals surface area contributed by atoms with E-state index in [9.17, 15) is 8.42 Å². The minimum Gasteiger partial charge on any atom is -0.397 e. The van der Waals surface area contributed by atoms with Crippen LogP contribution in [0, 0.1) is 0 Å². The van der Waals surface area contributed by atoms with E-state index in [1.807, 2.05) is 0 Å². The van der Waals surface area contributed by atoms with Gasteiger partial charge < -0.3 is 10.6 Å². The SMILES string of the molecule is CC(C)N(C)CCCCNS(=O)(=O)c1ccc(Cl)c(N)c1. The minimum absolute atomic E-state index is 0.142. The number of nitrogen functional groups attached to an aromatic ring is 1. The minimum atomic E-state index is -3.52. The molecule has 0 fully saturated rings. The highest BCUT2D eigenvalue weighted by Crippen LogP contribution is 2.22. The van der Waals surface area contributed by atoms with Gasteiger partial charge in [0.15, 0.2) is 0 Å². The molecule has 0 bridgehead atoms. The second-order valence-electron chi connectivity index (χ2n) is 5.36. The first-order valence-corrected chi connectivity index (χ1v) is 8.85. The van der Waals surface area contributed by atoms with Crippen molar-refractivity contribution >= 4 is 27.3 Å². The normalized spacial score (nSPS) is 12.3. The summed E-state index contributed by atoms with van der Waals surface area (Å²) in [6.07, 6.45) is 1.74. The highest BCUT2D eigenvalue weighted by molar-refractivity contribution is 7.89. The molecular formula is C14H24ClN3O2S. The van der Waals surface area contributed by atoms with Crippen LogP contribution >= 0.6 is 11.6 Å². The smallest absolute Gasteiger partial charge is 0.240 e. The van der Waals surface area contributed by atoms with Crippen LogP contribution in [0.3, 0.4) is 0 Å². The molecule has 0 saturated heterocycles. The number of anilines is 1. The van der Waals surface area contributed by atoms with Crippen LogP contribution in [0.4, 0.5) is 5.69 Å². The molecule has 0 aliphatic carbocycles. The fourth-order valence-electron chi connectivity index (χ4n) is 1.72. The van der Waals surface area contributed by atoms with Gasteiger partial charge in [-0.3, -0.25) is 0 Å². The van der Waals surface area contributed by atoms with E-state index in [2.05, 4.69) is 30.5 Å². The molecule has 1 aromatic carbocycles. The summed E-state index contributed by atoms with van der Waals surface area (Å²) in [6, 6.07) is 4.81. The first kappa shape index (κ1) is 18.2. The number of halogens is 1. The van der Waals surface area contributed by atoms with E-state index in [4.69, 9.17) is 17.3 Å². The van der Waals surface area contributed by atoms with Crippen LogP contribution < -0.4 is 10.5 Å². The molecule has 21 heavy (non-hydrogen) atoms. The molecule has 1 aromatic rings. The lowest BCUT2D eigenvalue weighted by atomic mass is 10.2. The summed E-state index contributed by atoms with van der Waals surface area (Å²) in [4.78, 5) is 2.37. The van der Waals surface area contributed by atoms with Crippen LogP contribution in [0.2, 0.25) is 5.02 Å². The molecule has 0 radical (unpaired) electrons. The van der Waals surface area contributed by atoms with Gasteiger partial charge in [0, 0.05) is 12.6 Å². The van der Waals surface area contributed by atoms with E-state index in [1.165, 1.54) is 18.2 Å². The van der Waals surface area contributed by atoms with E-state index < -0.39 is 10.0 Å². The number of nitrogens with zero attached hydrogens (tertiary/aromatic N) is 1. The highest BCUT2D eigenvalue weighted by Gasteiger charge is 2.14. The Kier molecular flexibility index (Phi) is 6.93. The molecule has 0 unspecified atom stereocenters. The highest BCUT2D eigenvalue weighted by atomic mass is 35.5. The molecule has 0 amide bonds. The number of nitrogens with one attached hydrogen (secondary N) is 1. The van der Waals surface area contributed by atoms with Gasteiger partial charge in [-0.05, 0) is 58.5 Å². The number of sulfonamides is 1. The van der Waals surface area contributed by atoms with Gasteiger partial charge in [-0.1, -0.05) is 11.6 Å². The van der Waals surface area contributed by atoms with Gasteiger partial charge in [0.05, 0.1) is 15.6 Å². The predicted molar refractivity (Wildman–Crippen MR) is 88.1 cm³/mol. The van der Waals surface area contributed by atoms with Crippen molar-refractivity contribution in [2.24, 2.45) is 0 Å². The van der Waals surface area contributed by atoms with Crippen LogP contribution in [0.5, 0.6) is 0 Å². The maximum absolute atomic E-state index is 12.1. The molecule has 0 heterocycles. The average Bonchev–Trinajstić information content (AvgIpc) is 2.40. The number of unbranched alkanes of at least 4 members (excludes halogenated alkanes) is 1. The quantitative estimate of drug-likeness (QED) is 0.565. The summed E-state index contributed by atoms with van der Waals surface area (Å²) in [5, 5.41) is 0.352. The molecule has 0 saturated carbocycles. The van der Waals surface area contributed by atoms with E-state index in [-0.39, 0.29) is 10.6 Å². The van der Waals surface area contributed by atoms with E-state index in [0.29, 0.717) is 17.6 Å². The first-order valence-electron chi connectivity index (χ1n) is 6.99. The number of nitrogens with two attached hydrogens (primary N) is 1. The largest absolute Gasteiger partial charge is 0.397 e. The van der Waals surface area contributed by atoms with E-state index >= 15 is 0 Å². The Bertz CT molecular complexity index is 561. The Balaban J connectivity index is 2.45. The van der Waals surface area contributed by atoms with Crippen molar-refractivity contribution in [2.75, 3.05) is 25.9 Å². The molecule has 7 heteroatoms. The third kappa shape index (κ3) is 5.82. The van der Waals surface area contributed by atoms with Crippen LogP contribution in [0.25, 0.3) is 0 Å². The van der Waals surface area contributed by atoms with Crippen molar-refractivity contribution in [3.63, 3.8) is 0 Å². The molecule has 5 nitrogen and oxygen atoms in total. The van der Waals surface area contributed by atoms with Gasteiger partial charge >= 0.3 is 0 Å². The Morgan fingerprint density at radius 3 is 2.57 bits per heavy atom. The number of hydrogen-bond acceptors (Lipinski definition) is 4. The Labute approximate surface area is 132 Å². The van der Waals surface area contributed by atoms with Crippen molar-refractivity contribution in [1.29, 1.82) is 0 Å². The third-order valence-corrected chi connectivity index (χ3v) is 5.19. The number of benzene rings is 1. The third-order valence-electron chi connectivity index (χ3n) is 3.39. The zero-order chi connectivity index (χ0) is 16.0. The van der Waals surface area contributed by atoms with Gasteiger partial charge in [-0.2, -0.15) is 0 Å². The lowest BCUT2D eigenvalue weighted by Gasteiger charge is -2.20. The molecule has 0 aliphatic rings. The van der Waals surface area contributed by atoms with Crippen LogP contribution in [0.1, 0.15) is 26.7 Å². The molecule has 3 N–H and O–H groups in total. The number of rotatable bonds is 8. The Hall–Kier alpha value is -0.820. The average molecular weight is 334 g/mol. The lowest BCUT2D eigenvalue weighted by Crippen LogP contribution is -2.29. The maximum Gasteiger partial charge on any atom is 0.240 e. The van der Waals surface area contributed by atoms with E-state index in [0.717, 1.165) is 19.4 Å². The molecule has 0 aromatic heterocycles. The summed E-state index contributed by atoms with van der Waals surface area (Å²) in [5.41, 5.74) is 5.89. The summed E-state index contributed by atoms with van der Waals surface area (Å²) < 4.78 is 26.7. The van der Waals surface area contributed by atoms with Crippen molar-refractivity contribution < 1.29 is 8.42 Å². The van der Waals surface area contributed by atoms with Gasteiger partial charge in [0.25, 0.3) is 0 Å². The fraction of sp³-hybridized carbons (Fsp3) is 0.571. The molecule has 1 rings (SSSR count). The van der Waals surface area contributed by atoms with Crippen LogP contribution in [-0.4, -0.2) is 39.5 Å². The second kappa shape index (κ2) is 7.98. The zero-order valence-corrected chi connectivity index (χ0v) is 14.3. The van der Waals surface area contributed by atoms with Crippen molar-refractivity contribution in [2.45, 2.75) is 37.6 Å². The molecule has 0 aliphatic heterocycles. The first-order chi connectivity index (χ1) is 9.74. The monoisotopic (exact) mass is 333 g/mol. The van der Waals surface area contributed by atoms with Gasteiger partial charge in [0.1, 0.15) is 0 Å². The Morgan fingerprint density at radius 1 is 1.33 bits per heavy atom. The predicted octanol–water partition coefficient (Wildman–Crippen LogP) is 2.32. The molecular weight excluding hydrogens is 310 g/mol. The van der Waals surface area contributed by atoms with Gasteiger partial charge in [-0.25, -0.2) is 13.1 Å². The fourth-order valence-corrected chi connectivity index (χ4v) is 2.95. The van der Waals surface area contributed by atoms with Crippen molar-refractivity contribution in [1.82, 2.24) is 9.62 Å². The molecule has 120 valence electrons. The van der Waals surface area contributed by atoms with E-state index in [1.54, 1.807) is 0 Å². The topological polar surface area (TPSA) is 75.4 Å². The Morgan fingerprint density at radius 2 is 2.00 bits per heavy atom. The summed E-state index contributed by atoms with van der Waals surface area (Å²) in [7, 11) is -1.46. The summed E-state index contributed by atoms with van der Waals surface area (Å²) in [5.74, 6) is 0. The maximum atomic E-state index is 12.1. The van der Waals surface area contributed by atoms with Gasteiger partial charge in [0.2, 0.25) is 10.0 Å². The van der Waals surface area contributed by atoms with Crippen LogP contribution in [0.15, 0.2) is 23.1 Å². The summed E-state index contributed by atoms with van der Waals surface area (Å²) in [6.45, 7) is 5.63. The second-order valence-corrected chi connectivity index (χ2v) is 7.54. The van der Waals surface area contributed by atoms with Gasteiger partial charge in [-0.15, -0.1) is 0 Å². The zero-order valence-electron chi connectivity index (χ0n) is 12.8.